The third-order valence-corrected chi connectivity index (χ3v) is 3.19. The lowest BCUT2D eigenvalue weighted by atomic mass is 10.0. The summed E-state index contributed by atoms with van der Waals surface area (Å²) < 4.78 is 5.29. The summed E-state index contributed by atoms with van der Waals surface area (Å²) in [6, 6.07) is 0. The molecule has 80 valence electrons. The predicted molar refractivity (Wildman–Crippen MR) is 53.6 cm³/mol. The van der Waals surface area contributed by atoms with E-state index in [4.69, 9.17) is 11.2 Å². The summed E-state index contributed by atoms with van der Waals surface area (Å²) in [5.74, 6) is 2.80. The zero-order valence-electron chi connectivity index (χ0n) is 7.83. The molecule has 1 aliphatic rings. The maximum Gasteiger partial charge on any atom is 0.133 e. The highest BCUT2D eigenvalue weighted by Crippen LogP contribution is 2.27. The Balaban J connectivity index is 2.57. The second-order valence-electron chi connectivity index (χ2n) is 3.20. The molecular formula is C9H14O4S. The Kier molecular flexibility index (Phi) is 4.23. The fourth-order valence-electron chi connectivity index (χ4n) is 1.28. The third kappa shape index (κ3) is 2.41. The summed E-state index contributed by atoms with van der Waals surface area (Å²) in [5.41, 5.74) is -0.570. The van der Waals surface area contributed by atoms with Gasteiger partial charge in [-0.25, -0.2) is 0 Å². The van der Waals surface area contributed by atoms with Crippen LogP contribution in [0.5, 0.6) is 0 Å². The second kappa shape index (κ2) is 5.01. The van der Waals surface area contributed by atoms with E-state index in [2.05, 4.69) is 5.92 Å². The molecule has 0 spiro atoms. The van der Waals surface area contributed by atoms with Crippen LogP contribution in [0.15, 0.2) is 0 Å². The molecule has 1 aliphatic heterocycles. The Morgan fingerprint density at radius 3 is 2.50 bits per heavy atom. The lowest BCUT2D eigenvalue weighted by molar-refractivity contribution is -0.192. The van der Waals surface area contributed by atoms with Crippen molar-refractivity contribution in [2.75, 3.05) is 5.75 Å². The van der Waals surface area contributed by atoms with Crippen molar-refractivity contribution >= 4 is 11.8 Å². The van der Waals surface area contributed by atoms with Crippen molar-refractivity contribution in [3.63, 3.8) is 0 Å². The Hall–Kier alpha value is -0.250. The molecule has 4 nitrogen and oxygen atoms in total. The number of terminal acetylenes is 1. The van der Waals surface area contributed by atoms with E-state index in [9.17, 15) is 15.3 Å². The Bertz CT molecular complexity index is 227. The molecule has 2 unspecified atom stereocenters. The van der Waals surface area contributed by atoms with E-state index in [1.165, 1.54) is 11.8 Å². The van der Waals surface area contributed by atoms with Crippen LogP contribution in [-0.4, -0.2) is 50.9 Å². The molecule has 0 radical (unpaired) electrons. The molecule has 14 heavy (non-hydrogen) atoms. The minimum absolute atomic E-state index is 0.400. The highest BCUT2D eigenvalue weighted by molar-refractivity contribution is 8.00. The lowest BCUT2D eigenvalue weighted by Gasteiger charge is -2.38. The predicted octanol–water partition coefficient (Wildman–Crippen LogP) is -0.820. The van der Waals surface area contributed by atoms with Gasteiger partial charge in [-0.15, -0.1) is 18.2 Å². The minimum Gasteiger partial charge on any atom is -0.388 e. The smallest absolute Gasteiger partial charge is 0.133 e. The number of rotatable bonds is 2. The van der Waals surface area contributed by atoms with Crippen LogP contribution in [0, 0.1) is 12.3 Å². The number of hydrogen-bond acceptors (Lipinski definition) is 5. The van der Waals surface area contributed by atoms with Gasteiger partial charge in [0.1, 0.15) is 23.7 Å². The van der Waals surface area contributed by atoms with Crippen LogP contribution in [0.3, 0.4) is 0 Å². The average Bonchev–Trinajstić information content (AvgIpc) is 2.18. The van der Waals surface area contributed by atoms with Gasteiger partial charge in [0.25, 0.3) is 0 Å². The van der Waals surface area contributed by atoms with Gasteiger partial charge < -0.3 is 20.1 Å². The first-order chi connectivity index (χ1) is 6.57. The van der Waals surface area contributed by atoms with Crippen molar-refractivity contribution in [3.8, 4) is 12.3 Å². The van der Waals surface area contributed by atoms with Crippen molar-refractivity contribution in [1.82, 2.24) is 0 Å². The van der Waals surface area contributed by atoms with Gasteiger partial charge in [-0.1, -0.05) is 5.92 Å². The van der Waals surface area contributed by atoms with Crippen LogP contribution in [0.1, 0.15) is 6.92 Å². The van der Waals surface area contributed by atoms with Gasteiger partial charge in [0.2, 0.25) is 0 Å². The van der Waals surface area contributed by atoms with Crippen molar-refractivity contribution < 1.29 is 20.1 Å². The van der Waals surface area contributed by atoms with E-state index < -0.39 is 29.9 Å². The average molecular weight is 218 g/mol. The topological polar surface area (TPSA) is 69.9 Å². The number of ether oxygens (including phenoxy) is 1. The Labute approximate surface area is 87.3 Å². The molecule has 5 heteroatoms. The summed E-state index contributed by atoms with van der Waals surface area (Å²) in [4.78, 5) is 0. The van der Waals surface area contributed by atoms with Gasteiger partial charge in [-0.05, 0) is 6.92 Å². The summed E-state index contributed by atoms with van der Waals surface area (Å²) in [7, 11) is 0. The number of aliphatic hydroxyl groups is 3. The van der Waals surface area contributed by atoms with Crippen molar-refractivity contribution in [2.45, 2.75) is 36.8 Å². The molecule has 1 saturated heterocycles. The van der Waals surface area contributed by atoms with Crippen molar-refractivity contribution in [1.29, 1.82) is 0 Å². The fourth-order valence-corrected chi connectivity index (χ4v) is 2.15. The maximum absolute atomic E-state index is 9.53. The zero-order chi connectivity index (χ0) is 10.7. The molecule has 1 fully saturated rings. The summed E-state index contributed by atoms with van der Waals surface area (Å²) in [6.45, 7) is 1.64. The molecule has 0 aliphatic carbocycles. The summed E-state index contributed by atoms with van der Waals surface area (Å²) in [5, 5.41) is 28.3. The lowest BCUT2D eigenvalue weighted by Crippen LogP contribution is -2.55. The molecule has 0 amide bonds. The fraction of sp³-hybridized carbons (Fsp3) is 0.778. The molecule has 0 aromatic rings. The van der Waals surface area contributed by atoms with Crippen LogP contribution in [-0.2, 0) is 4.74 Å². The van der Waals surface area contributed by atoms with Crippen molar-refractivity contribution in [2.24, 2.45) is 0 Å². The normalized spacial score (nSPS) is 43.2. The quantitative estimate of drug-likeness (QED) is 0.528. The molecule has 0 aromatic heterocycles. The molecule has 1 heterocycles. The first-order valence-corrected chi connectivity index (χ1v) is 5.37. The van der Waals surface area contributed by atoms with E-state index in [1.807, 2.05) is 0 Å². The van der Waals surface area contributed by atoms with E-state index in [1.54, 1.807) is 6.92 Å². The van der Waals surface area contributed by atoms with Gasteiger partial charge in [0, 0.05) is 0 Å². The highest BCUT2D eigenvalue weighted by Gasteiger charge is 2.41. The number of hydrogen-bond donors (Lipinski definition) is 3. The Morgan fingerprint density at radius 1 is 1.29 bits per heavy atom. The van der Waals surface area contributed by atoms with E-state index in [-0.39, 0.29) is 0 Å². The first-order valence-electron chi connectivity index (χ1n) is 4.32. The molecule has 0 saturated carbocycles. The van der Waals surface area contributed by atoms with Crippen LogP contribution >= 0.6 is 11.8 Å². The van der Waals surface area contributed by atoms with E-state index in [0.29, 0.717) is 5.75 Å². The van der Waals surface area contributed by atoms with Gasteiger partial charge in [0.15, 0.2) is 0 Å². The zero-order valence-corrected chi connectivity index (χ0v) is 8.65. The molecular weight excluding hydrogens is 204 g/mol. The molecule has 1 rings (SSSR count). The number of thioether (sulfide) groups is 1. The second-order valence-corrected chi connectivity index (χ2v) is 4.28. The van der Waals surface area contributed by atoms with Gasteiger partial charge in [-0.2, -0.15) is 0 Å². The summed E-state index contributed by atoms with van der Waals surface area (Å²) >= 11 is 1.24. The minimum atomic E-state index is -1.17. The molecule has 0 aromatic carbocycles. The molecule has 3 N–H and O–H groups in total. The van der Waals surface area contributed by atoms with Crippen LogP contribution < -0.4 is 0 Å². The van der Waals surface area contributed by atoms with E-state index >= 15 is 0 Å². The van der Waals surface area contributed by atoms with Crippen LogP contribution in [0.4, 0.5) is 0 Å². The van der Waals surface area contributed by atoms with Crippen LogP contribution in [0.2, 0.25) is 0 Å². The van der Waals surface area contributed by atoms with Crippen molar-refractivity contribution in [3.05, 3.63) is 0 Å². The molecule has 5 atom stereocenters. The standard InChI is InChI=1S/C9H14O4S/c1-3-4-14-9-8(12)7(11)6(10)5(2)13-9/h1,5-12H,4H2,2H3/t5?,6-,7?,8-,9-/m0/s1. The van der Waals surface area contributed by atoms with Gasteiger partial charge in [-0.3, -0.25) is 0 Å². The summed E-state index contributed by atoms with van der Waals surface area (Å²) in [6.07, 6.45) is 1.25. The van der Waals surface area contributed by atoms with Gasteiger partial charge >= 0.3 is 0 Å². The SMILES string of the molecule is C#CCS[C@@H]1OC(C)[C@H](O)C(O)[C@@H]1O. The number of aliphatic hydroxyl groups excluding tert-OH is 3. The van der Waals surface area contributed by atoms with Gasteiger partial charge in [0.05, 0.1) is 11.9 Å². The monoisotopic (exact) mass is 218 g/mol. The Morgan fingerprint density at radius 2 is 1.93 bits per heavy atom. The molecule has 0 bridgehead atoms. The first kappa shape index (κ1) is 11.8. The third-order valence-electron chi connectivity index (χ3n) is 2.14. The van der Waals surface area contributed by atoms with Crippen LogP contribution in [0.25, 0.3) is 0 Å². The van der Waals surface area contributed by atoms with E-state index in [0.717, 1.165) is 0 Å². The highest BCUT2D eigenvalue weighted by atomic mass is 32.2. The maximum atomic E-state index is 9.53. The largest absolute Gasteiger partial charge is 0.388 e.